The predicted octanol–water partition coefficient (Wildman–Crippen LogP) is 1.68. The first kappa shape index (κ1) is 13.5. The number of imide groups is 1. The Hall–Kier alpha value is -0.510. The Balaban J connectivity index is 0.00000169. The van der Waals surface area contributed by atoms with Gasteiger partial charge in [-0.2, -0.15) is 13.5 Å². The van der Waals surface area contributed by atoms with Gasteiger partial charge in [0, 0.05) is 19.4 Å². The third-order valence-corrected chi connectivity index (χ3v) is 2.93. The summed E-state index contributed by atoms with van der Waals surface area (Å²) in [6.45, 7) is 6.39. The van der Waals surface area contributed by atoms with E-state index in [1.165, 1.54) is 4.90 Å². The van der Waals surface area contributed by atoms with Crippen LogP contribution in [0.3, 0.4) is 0 Å². The maximum atomic E-state index is 11.5. The van der Waals surface area contributed by atoms with E-state index in [9.17, 15) is 9.59 Å². The molecule has 0 aliphatic carbocycles. The van der Waals surface area contributed by atoms with Gasteiger partial charge in [-0.25, -0.2) is 0 Å². The number of piperidine rings is 1. The van der Waals surface area contributed by atoms with Crippen LogP contribution in [0.5, 0.6) is 0 Å². The van der Waals surface area contributed by atoms with Gasteiger partial charge in [0.25, 0.3) is 0 Å². The standard InChI is InChI=1S/C10H17NO2.H2S/c1-4-10(3)6-8(12)11(5-2)9(13)7-10;/h4-7H2,1-3H3;1H2. The van der Waals surface area contributed by atoms with E-state index in [-0.39, 0.29) is 30.7 Å². The van der Waals surface area contributed by atoms with Crippen LogP contribution in [0.15, 0.2) is 0 Å². The Morgan fingerprint density at radius 3 is 1.93 bits per heavy atom. The van der Waals surface area contributed by atoms with Crippen molar-refractivity contribution >= 4 is 25.3 Å². The second kappa shape index (κ2) is 4.82. The van der Waals surface area contributed by atoms with E-state index >= 15 is 0 Å². The Bertz CT molecular complexity index is 222. The molecule has 0 atom stereocenters. The van der Waals surface area contributed by atoms with Crippen molar-refractivity contribution in [3.05, 3.63) is 0 Å². The minimum atomic E-state index is -0.0974. The summed E-state index contributed by atoms with van der Waals surface area (Å²) in [4.78, 5) is 24.4. The molecule has 1 saturated heterocycles. The maximum Gasteiger partial charge on any atom is 0.229 e. The van der Waals surface area contributed by atoms with Crippen LogP contribution in [0, 0.1) is 5.41 Å². The number of nitrogens with zero attached hydrogens (tertiary/aromatic N) is 1. The van der Waals surface area contributed by atoms with Crippen LogP contribution in [-0.2, 0) is 9.59 Å². The van der Waals surface area contributed by atoms with Gasteiger partial charge in [0.05, 0.1) is 0 Å². The van der Waals surface area contributed by atoms with Crippen LogP contribution in [0.2, 0.25) is 0 Å². The molecule has 0 aromatic carbocycles. The number of amides is 2. The summed E-state index contributed by atoms with van der Waals surface area (Å²) in [6.07, 6.45) is 1.92. The van der Waals surface area contributed by atoms with Crippen LogP contribution in [0.4, 0.5) is 0 Å². The first-order chi connectivity index (χ1) is 6.02. The zero-order valence-corrected chi connectivity index (χ0v) is 10.1. The molecule has 0 N–H and O–H groups in total. The summed E-state index contributed by atoms with van der Waals surface area (Å²) < 4.78 is 0. The average molecular weight is 217 g/mol. The summed E-state index contributed by atoms with van der Waals surface area (Å²) in [5, 5.41) is 0. The van der Waals surface area contributed by atoms with Crippen molar-refractivity contribution in [3.8, 4) is 0 Å². The van der Waals surface area contributed by atoms with Crippen molar-refractivity contribution in [2.75, 3.05) is 6.54 Å². The summed E-state index contributed by atoms with van der Waals surface area (Å²) in [6, 6.07) is 0. The van der Waals surface area contributed by atoms with Crippen LogP contribution < -0.4 is 0 Å². The highest BCUT2D eigenvalue weighted by atomic mass is 32.1. The Morgan fingerprint density at radius 2 is 1.64 bits per heavy atom. The van der Waals surface area contributed by atoms with E-state index in [0.29, 0.717) is 19.4 Å². The molecule has 1 fully saturated rings. The molecule has 2 amide bonds. The summed E-state index contributed by atoms with van der Waals surface area (Å²) in [5.74, 6) is -0.0220. The second-order valence-electron chi connectivity index (χ2n) is 4.05. The van der Waals surface area contributed by atoms with Crippen molar-refractivity contribution in [2.24, 2.45) is 5.41 Å². The number of rotatable bonds is 2. The molecule has 82 valence electrons. The number of carbonyl (C=O) groups is 2. The van der Waals surface area contributed by atoms with Crippen molar-refractivity contribution in [1.29, 1.82) is 0 Å². The molecule has 0 saturated carbocycles. The lowest BCUT2D eigenvalue weighted by atomic mass is 9.77. The van der Waals surface area contributed by atoms with Gasteiger partial charge in [-0.15, -0.1) is 0 Å². The molecule has 3 nitrogen and oxygen atoms in total. The van der Waals surface area contributed by atoms with Gasteiger partial charge in [0.1, 0.15) is 0 Å². The summed E-state index contributed by atoms with van der Waals surface area (Å²) >= 11 is 0. The van der Waals surface area contributed by atoms with Gasteiger partial charge < -0.3 is 0 Å². The van der Waals surface area contributed by atoms with Gasteiger partial charge in [0.15, 0.2) is 0 Å². The van der Waals surface area contributed by atoms with Crippen molar-refractivity contribution < 1.29 is 9.59 Å². The normalized spacial score (nSPS) is 20.6. The lowest BCUT2D eigenvalue weighted by Crippen LogP contribution is -2.46. The first-order valence-corrected chi connectivity index (χ1v) is 4.85. The zero-order chi connectivity index (χ0) is 10.1. The Morgan fingerprint density at radius 1 is 1.21 bits per heavy atom. The molecule has 0 spiro atoms. The zero-order valence-electron chi connectivity index (χ0n) is 9.09. The fourth-order valence-corrected chi connectivity index (χ4v) is 1.73. The molecule has 14 heavy (non-hydrogen) atoms. The first-order valence-electron chi connectivity index (χ1n) is 4.85. The summed E-state index contributed by atoms with van der Waals surface area (Å²) in [7, 11) is 0. The minimum Gasteiger partial charge on any atom is -0.283 e. The van der Waals surface area contributed by atoms with E-state index in [1.54, 1.807) is 0 Å². The SMILES string of the molecule is CCN1C(=O)CC(C)(CC)CC1=O.S. The number of hydrogen-bond acceptors (Lipinski definition) is 2. The van der Waals surface area contributed by atoms with Crippen molar-refractivity contribution in [3.63, 3.8) is 0 Å². The largest absolute Gasteiger partial charge is 0.283 e. The average Bonchev–Trinajstić information content (AvgIpc) is 2.03. The highest BCUT2D eigenvalue weighted by Gasteiger charge is 2.38. The van der Waals surface area contributed by atoms with Crippen LogP contribution in [0.25, 0.3) is 0 Å². The Labute approximate surface area is 92.3 Å². The lowest BCUT2D eigenvalue weighted by molar-refractivity contribution is -0.152. The smallest absolute Gasteiger partial charge is 0.229 e. The highest BCUT2D eigenvalue weighted by Crippen LogP contribution is 2.35. The van der Waals surface area contributed by atoms with Gasteiger partial charge in [-0.05, 0) is 18.8 Å². The van der Waals surface area contributed by atoms with Gasteiger partial charge in [-0.1, -0.05) is 13.8 Å². The second-order valence-corrected chi connectivity index (χ2v) is 4.05. The monoisotopic (exact) mass is 217 g/mol. The molecular weight excluding hydrogens is 198 g/mol. The van der Waals surface area contributed by atoms with Gasteiger partial charge in [-0.3, -0.25) is 14.5 Å². The molecule has 1 heterocycles. The van der Waals surface area contributed by atoms with E-state index in [1.807, 2.05) is 20.8 Å². The van der Waals surface area contributed by atoms with E-state index in [4.69, 9.17) is 0 Å². The molecule has 0 bridgehead atoms. The maximum absolute atomic E-state index is 11.5. The van der Waals surface area contributed by atoms with E-state index < -0.39 is 0 Å². The molecule has 1 aliphatic heterocycles. The molecular formula is C10H19NO2S. The summed E-state index contributed by atoms with van der Waals surface area (Å²) in [5.41, 5.74) is -0.0974. The third kappa shape index (κ3) is 2.50. The third-order valence-electron chi connectivity index (χ3n) is 2.93. The number of likely N-dealkylation sites (tertiary alicyclic amines) is 1. The topological polar surface area (TPSA) is 37.4 Å². The molecule has 4 heteroatoms. The van der Waals surface area contributed by atoms with E-state index in [2.05, 4.69) is 0 Å². The molecule has 0 aromatic rings. The van der Waals surface area contributed by atoms with Crippen LogP contribution >= 0.6 is 13.5 Å². The number of carbonyl (C=O) groups excluding carboxylic acids is 2. The Kier molecular flexibility index (Phi) is 4.65. The highest BCUT2D eigenvalue weighted by molar-refractivity contribution is 7.59. The minimum absolute atomic E-state index is 0. The van der Waals surface area contributed by atoms with Gasteiger partial charge in [0.2, 0.25) is 11.8 Å². The fourth-order valence-electron chi connectivity index (χ4n) is 1.73. The molecule has 1 rings (SSSR count). The van der Waals surface area contributed by atoms with Crippen LogP contribution in [-0.4, -0.2) is 23.3 Å². The van der Waals surface area contributed by atoms with E-state index in [0.717, 1.165) is 6.42 Å². The van der Waals surface area contributed by atoms with Gasteiger partial charge >= 0.3 is 0 Å². The molecule has 0 aromatic heterocycles. The fraction of sp³-hybridized carbons (Fsp3) is 0.800. The molecule has 1 aliphatic rings. The van der Waals surface area contributed by atoms with Crippen LogP contribution in [0.1, 0.15) is 40.0 Å². The molecule has 0 radical (unpaired) electrons. The lowest BCUT2D eigenvalue weighted by Gasteiger charge is -2.36. The van der Waals surface area contributed by atoms with Crippen molar-refractivity contribution in [2.45, 2.75) is 40.0 Å². The predicted molar refractivity (Wildman–Crippen MR) is 60.4 cm³/mol. The quantitative estimate of drug-likeness (QED) is 0.660. The molecule has 0 unspecified atom stereocenters. The number of hydrogen-bond donors (Lipinski definition) is 0. The van der Waals surface area contributed by atoms with Crippen molar-refractivity contribution in [1.82, 2.24) is 4.90 Å².